The molecule has 3 heteroatoms. The highest BCUT2D eigenvalue weighted by Crippen LogP contribution is 2.41. The van der Waals surface area contributed by atoms with E-state index in [9.17, 15) is 15.3 Å². The Morgan fingerprint density at radius 2 is 1.27 bits per heavy atom. The Balaban J connectivity index is 1.80. The maximum Gasteiger partial charge on any atom is 0.163 e. The van der Waals surface area contributed by atoms with E-state index in [1.807, 2.05) is 72.8 Å². The second kappa shape index (κ2) is 10.4. The van der Waals surface area contributed by atoms with Crippen molar-refractivity contribution in [2.24, 2.45) is 5.92 Å². The van der Waals surface area contributed by atoms with E-state index < -0.39 is 5.92 Å². The summed E-state index contributed by atoms with van der Waals surface area (Å²) in [6.07, 6.45) is 0.669. The van der Waals surface area contributed by atoms with Gasteiger partial charge in [0.25, 0.3) is 0 Å². The summed E-state index contributed by atoms with van der Waals surface area (Å²) in [7, 11) is 0. The van der Waals surface area contributed by atoms with Gasteiger partial charge in [-0.2, -0.15) is 10.5 Å². The third-order valence-electron chi connectivity index (χ3n) is 6.22. The van der Waals surface area contributed by atoms with Gasteiger partial charge in [0.15, 0.2) is 5.78 Å². The molecule has 0 aliphatic carbocycles. The molecule has 0 spiro atoms. The van der Waals surface area contributed by atoms with Crippen LogP contribution in [0, 0.1) is 28.6 Å². The molecule has 0 aliphatic heterocycles. The van der Waals surface area contributed by atoms with Crippen LogP contribution in [0.15, 0.2) is 103 Å². The van der Waals surface area contributed by atoms with E-state index in [4.69, 9.17) is 0 Å². The lowest BCUT2D eigenvalue weighted by Crippen LogP contribution is -2.18. The van der Waals surface area contributed by atoms with Gasteiger partial charge in [0, 0.05) is 12.0 Å². The van der Waals surface area contributed by atoms with Crippen molar-refractivity contribution in [3.63, 3.8) is 0 Å². The topological polar surface area (TPSA) is 64.7 Å². The molecule has 0 aromatic heterocycles. The SMILES string of the molecule is N#CC(C#N)CC(c1ccc2ccccc2c1)C(CC(=O)c1ccccc1)c1ccccc1. The number of benzene rings is 4. The number of nitriles is 2. The number of hydrogen-bond donors (Lipinski definition) is 0. The van der Waals surface area contributed by atoms with Crippen molar-refractivity contribution < 1.29 is 4.79 Å². The van der Waals surface area contributed by atoms with Crippen LogP contribution in [0.5, 0.6) is 0 Å². The molecule has 0 saturated heterocycles. The first-order valence-corrected chi connectivity index (χ1v) is 11.1. The highest BCUT2D eigenvalue weighted by molar-refractivity contribution is 5.96. The summed E-state index contributed by atoms with van der Waals surface area (Å²) in [6, 6.07) is 38.0. The molecule has 4 aromatic rings. The van der Waals surface area contributed by atoms with Gasteiger partial charge in [-0.15, -0.1) is 0 Å². The lowest BCUT2D eigenvalue weighted by molar-refractivity contribution is 0.0968. The Labute approximate surface area is 194 Å². The van der Waals surface area contributed by atoms with Crippen LogP contribution >= 0.6 is 0 Å². The molecule has 0 saturated carbocycles. The molecule has 4 aromatic carbocycles. The van der Waals surface area contributed by atoms with Gasteiger partial charge in [0.1, 0.15) is 5.92 Å². The van der Waals surface area contributed by atoms with Gasteiger partial charge in [0.05, 0.1) is 12.1 Å². The van der Waals surface area contributed by atoms with Crippen molar-refractivity contribution in [2.45, 2.75) is 24.7 Å². The summed E-state index contributed by atoms with van der Waals surface area (Å²) in [6.45, 7) is 0. The van der Waals surface area contributed by atoms with Gasteiger partial charge in [-0.3, -0.25) is 4.79 Å². The molecule has 0 N–H and O–H groups in total. The number of Topliss-reactive ketones (excluding diaryl/α,β-unsaturated/α-hetero) is 1. The van der Waals surface area contributed by atoms with Crippen LogP contribution < -0.4 is 0 Å². The lowest BCUT2D eigenvalue weighted by Gasteiger charge is -2.28. The molecule has 0 fully saturated rings. The van der Waals surface area contributed by atoms with E-state index in [-0.39, 0.29) is 17.6 Å². The standard InChI is InChI=1S/C30H24N2O/c31-20-22(21-32)17-28(27-16-15-23-9-7-8-14-26(23)18-27)29(24-10-3-1-4-11-24)19-30(33)25-12-5-2-6-13-25/h1-16,18,22,28-29H,17,19H2. The number of nitrogens with zero attached hydrogens (tertiary/aromatic N) is 2. The number of hydrogen-bond acceptors (Lipinski definition) is 3. The smallest absolute Gasteiger partial charge is 0.163 e. The monoisotopic (exact) mass is 428 g/mol. The van der Waals surface area contributed by atoms with Crippen LogP contribution in [-0.4, -0.2) is 5.78 Å². The molecule has 0 amide bonds. The molecule has 0 bridgehead atoms. The zero-order valence-electron chi connectivity index (χ0n) is 18.3. The molecule has 3 nitrogen and oxygen atoms in total. The predicted molar refractivity (Wildman–Crippen MR) is 131 cm³/mol. The highest BCUT2D eigenvalue weighted by Gasteiger charge is 2.30. The van der Waals surface area contributed by atoms with Gasteiger partial charge < -0.3 is 0 Å². The van der Waals surface area contributed by atoms with Crippen molar-refractivity contribution in [1.82, 2.24) is 0 Å². The molecule has 0 aliphatic rings. The van der Waals surface area contributed by atoms with E-state index in [0.717, 1.165) is 21.9 Å². The predicted octanol–water partition coefficient (Wildman–Crippen LogP) is 7.03. The van der Waals surface area contributed by atoms with Crippen molar-refractivity contribution in [3.8, 4) is 12.1 Å². The van der Waals surface area contributed by atoms with Gasteiger partial charge in [-0.25, -0.2) is 0 Å². The van der Waals surface area contributed by atoms with Gasteiger partial charge in [-0.05, 0) is 40.2 Å². The van der Waals surface area contributed by atoms with Crippen LogP contribution in [0.4, 0.5) is 0 Å². The summed E-state index contributed by atoms with van der Waals surface area (Å²) in [4.78, 5) is 13.3. The zero-order chi connectivity index (χ0) is 23.0. The normalized spacial score (nSPS) is 12.6. The van der Waals surface area contributed by atoms with Crippen LogP contribution in [0.2, 0.25) is 0 Å². The zero-order valence-corrected chi connectivity index (χ0v) is 18.3. The Morgan fingerprint density at radius 3 is 1.94 bits per heavy atom. The second-order valence-electron chi connectivity index (χ2n) is 8.27. The first-order valence-electron chi connectivity index (χ1n) is 11.1. The average molecular weight is 429 g/mol. The fraction of sp³-hybridized carbons (Fsp3) is 0.167. The van der Waals surface area contributed by atoms with E-state index in [1.165, 1.54) is 0 Å². The Bertz CT molecular complexity index is 1300. The third-order valence-corrected chi connectivity index (χ3v) is 6.22. The first kappa shape index (κ1) is 22.0. The van der Waals surface area contributed by atoms with Crippen molar-refractivity contribution >= 4 is 16.6 Å². The quantitative estimate of drug-likeness (QED) is 0.283. The maximum absolute atomic E-state index is 13.3. The number of carbonyl (C=O) groups is 1. The van der Waals surface area contributed by atoms with E-state index in [2.05, 4.69) is 42.5 Å². The van der Waals surface area contributed by atoms with E-state index in [1.54, 1.807) is 0 Å². The van der Waals surface area contributed by atoms with Gasteiger partial charge >= 0.3 is 0 Å². The van der Waals surface area contributed by atoms with Gasteiger partial charge in [-0.1, -0.05) is 103 Å². The molecule has 160 valence electrons. The number of rotatable bonds is 8. The molecule has 33 heavy (non-hydrogen) atoms. The van der Waals surface area contributed by atoms with Crippen molar-refractivity contribution in [1.29, 1.82) is 10.5 Å². The molecule has 4 rings (SSSR count). The fourth-order valence-corrected chi connectivity index (χ4v) is 4.49. The minimum atomic E-state index is -0.750. The fourth-order valence-electron chi connectivity index (χ4n) is 4.49. The first-order chi connectivity index (χ1) is 16.2. The molecular weight excluding hydrogens is 404 g/mol. The summed E-state index contributed by atoms with van der Waals surface area (Å²) < 4.78 is 0. The van der Waals surface area contributed by atoms with Crippen LogP contribution in [0.25, 0.3) is 10.8 Å². The third kappa shape index (κ3) is 5.17. The van der Waals surface area contributed by atoms with Gasteiger partial charge in [0.2, 0.25) is 0 Å². The summed E-state index contributed by atoms with van der Waals surface area (Å²) >= 11 is 0. The lowest BCUT2D eigenvalue weighted by atomic mass is 9.74. The van der Waals surface area contributed by atoms with Crippen LogP contribution in [-0.2, 0) is 0 Å². The van der Waals surface area contributed by atoms with E-state index >= 15 is 0 Å². The molecule has 0 heterocycles. The molecule has 2 unspecified atom stereocenters. The second-order valence-corrected chi connectivity index (χ2v) is 8.27. The van der Waals surface area contributed by atoms with Crippen molar-refractivity contribution in [3.05, 3.63) is 120 Å². The Kier molecular flexibility index (Phi) is 6.93. The van der Waals surface area contributed by atoms with E-state index in [0.29, 0.717) is 18.4 Å². The largest absolute Gasteiger partial charge is 0.294 e. The summed E-state index contributed by atoms with van der Waals surface area (Å²) in [5.74, 6) is -1.02. The Hall–Kier alpha value is -4.21. The number of fused-ring (bicyclic) bond motifs is 1. The minimum Gasteiger partial charge on any atom is -0.294 e. The van der Waals surface area contributed by atoms with Crippen LogP contribution in [0.3, 0.4) is 0 Å². The number of carbonyl (C=O) groups excluding carboxylic acids is 1. The molecule has 2 atom stereocenters. The average Bonchev–Trinajstić information content (AvgIpc) is 2.89. The Morgan fingerprint density at radius 1 is 0.667 bits per heavy atom. The van der Waals surface area contributed by atoms with Crippen molar-refractivity contribution in [2.75, 3.05) is 0 Å². The van der Waals surface area contributed by atoms with Crippen LogP contribution in [0.1, 0.15) is 46.2 Å². The summed E-state index contributed by atoms with van der Waals surface area (Å²) in [5.41, 5.74) is 2.75. The maximum atomic E-state index is 13.3. The molecule has 0 radical (unpaired) electrons. The summed E-state index contributed by atoms with van der Waals surface area (Å²) in [5, 5.41) is 21.4. The minimum absolute atomic E-state index is 0.0562. The highest BCUT2D eigenvalue weighted by atomic mass is 16.1. The number of ketones is 1. The molecular formula is C30H24N2O.